The lowest BCUT2D eigenvalue weighted by molar-refractivity contribution is 0.0715. The number of cyclic esters (lactones) is 1. The number of benzene rings is 1. The van der Waals surface area contributed by atoms with Gasteiger partial charge in [-0.05, 0) is 12.1 Å². The Morgan fingerprint density at radius 1 is 1.20 bits per heavy atom. The van der Waals surface area contributed by atoms with E-state index in [0.29, 0.717) is 22.8 Å². The summed E-state index contributed by atoms with van der Waals surface area (Å²) < 4.78 is 15.4. The van der Waals surface area contributed by atoms with E-state index in [1.165, 1.54) is 0 Å². The van der Waals surface area contributed by atoms with Gasteiger partial charge >= 0.3 is 5.97 Å². The third-order valence-electron chi connectivity index (χ3n) is 2.30. The van der Waals surface area contributed by atoms with Crippen LogP contribution >= 0.6 is 15.9 Å². The normalized spacial score (nSPS) is 19.3. The SMILES string of the molecule is O=C1O/C(=C/Br)c2cc3c(cc21)OCO3. The van der Waals surface area contributed by atoms with Crippen molar-refractivity contribution < 1.29 is 19.0 Å². The van der Waals surface area contributed by atoms with Crippen molar-refractivity contribution in [2.45, 2.75) is 0 Å². The fourth-order valence-corrected chi connectivity index (χ4v) is 1.95. The van der Waals surface area contributed by atoms with Gasteiger partial charge in [-0.3, -0.25) is 0 Å². The van der Waals surface area contributed by atoms with E-state index in [-0.39, 0.29) is 12.8 Å². The lowest BCUT2D eigenvalue weighted by Gasteiger charge is -1.98. The number of hydrogen-bond donors (Lipinski definition) is 0. The summed E-state index contributed by atoms with van der Waals surface area (Å²) in [4.78, 5) is 13.0. The van der Waals surface area contributed by atoms with Crippen LogP contribution in [0.2, 0.25) is 0 Å². The summed E-state index contributed by atoms with van der Waals surface area (Å²) in [7, 11) is 0. The standard InChI is InChI=1S/C10H5BrO4/c11-3-9-5-1-7-8(14-4-13-7)2-6(5)10(12)15-9/h1-3H,4H2/b9-3+. The molecule has 0 aromatic heterocycles. The minimum absolute atomic E-state index is 0.195. The van der Waals surface area contributed by atoms with Gasteiger partial charge in [0.25, 0.3) is 0 Å². The lowest BCUT2D eigenvalue weighted by atomic mass is 10.1. The maximum Gasteiger partial charge on any atom is 0.344 e. The number of fused-ring (bicyclic) bond motifs is 2. The molecule has 2 aliphatic rings. The summed E-state index contributed by atoms with van der Waals surface area (Å²) in [5, 5.41) is 0. The fraction of sp³-hybridized carbons (Fsp3) is 0.100. The minimum atomic E-state index is -0.367. The van der Waals surface area contributed by atoms with Gasteiger partial charge in [0.2, 0.25) is 6.79 Å². The first-order valence-electron chi connectivity index (χ1n) is 4.26. The Morgan fingerprint density at radius 2 is 1.87 bits per heavy atom. The van der Waals surface area contributed by atoms with Crippen LogP contribution < -0.4 is 9.47 Å². The zero-order chi connectivity index (χ0) is 10.4. The topological polar surface area (TPSA) is 44.8 Å². The van der Waals surface area contributed by atoms with E-state index < -0.39 is 0 Å². The van der Waals surface area contributed by atoms with Gasteiger partial charge in [-0.1, -0.05) is 15.9 Å². The second-order valence-corrected chi connectivity index (χ2v) is 3.57. The first kappa shape index (κ1) is 8.79. The quantitative estimate of drug-likeness (QED) is 0.678. The monoisotopic (exact) mass is 268 g/mol. The highest BCUT2D eigenvalue weighted by atomic mass is 79.9. The van der Waals surface area contributed by atoms with Crippen LogP contribution in [0.4, 0.5) is 0 Å². The van der Waals surface area contributed by atoms with E-state index in [4.69, 9.17) is 14.2 Å². The zero-order valence-corrected chi connectivity index (χ0v) is 9.04. The molecule has 0 saturated carbocycles. The van der Waals surface area contributed by atoms with Crippen LogP contribution in [-0.4, -0.2) is 12.8 Å². The number of carbonyl (C=O) groups is 1. The Bertz CT molecular complexity index is 492. The van der Waals surface area contributed by atoms with E-state index in [0.717, 1.165) is 5.56 Å². The van der Waals surface area contributed by atoms with Crippen molar-refractivity contribution >= 4 is 27.7 Å². The number of hydrogen-bond acceptors (Lipinski definition) is 4. The van der Waals surface area contributed by atoms with Crippen LogP contribution in [0.25, 0.3) is 5.76 Å². The van der Waals surface area contributed by atoms with Crippen molar-refractivity contribution in [1.29, 1.82) is 0 Å². The van der Waals surface area contributed by atoms with Gasteiger partial charge in [-0.2, -0.15) is 0 Å². The molecule has 2 heterocycles. The van der Waals surface area contributed by atoms with Gasteiger partial charge in [0.1, 0.15) is 5.76 Å². The Morgan fingerprint density at radius 3 is 2.53 bits per heavy atom. The van der Waals surface area contributed by atoms with Gasteiger partial charge in [-0.25, -0.2) is 4.79 Å². The van der Waals surface area contributed by atoms with Crippen LogP contribution in [0.15, 0.2) is 17.1 Å². The molecule has 0 spiro atoms. The van der Waals surface area contributed by atoms with E-state index >= 15 is 0 Å². The predicted octanol–water partition coefficient (Wildman–Crippen LogP) is 2.28. The highest BCUT2D eigenvalue weighted by Crippen LogP contribution is 2.41. The first-order valence-corrected chi connectivity index (χ1v) is 5.18. The first-order chi connectivity index (χ1) is 7.29. The third-order valence-corrected chi connectivity index (χ3v) is 2.72. The van der Waals surface area contributed by atoms with Crippen molar-refractivity contribution in [3.05, 3.63) is 28.2 Å². The van der Waals surface area contributed by atoms with E-state index in [1.54, 1.807) is 17.1 Å². The molecule has 0 radical (unpaired) electrons. The molecule has 1 aromatic carbocycles. The van der Waals surface area contributed by atoms with Crippen molar-refractivity contribution in [1.82, 2.24) is 0 Å². The smallest absolute Gasteiger partial charge is 0.344 e. The van der Waals surface area contributed by atoms with Crippen molar-refractivity contribution in [2.24, 2.45) is 0 Å². The third kappa shape index (κ3) is 1.16. The number of esters is 1. The van der Waals surface area contributed by atoms with Gasteiger partial charge in [0.15, 0.2) is 11.5 Å². The summed E-state index contributed by atoms with van der Waals surface area (Å²) in [5.74, 6) is 1.35. The van der Waals surface area contributed by atoms with Crippen molar-refractivity contribution in [3.8, 4) is 11.5 Å². The van der Waals surface area contributed by atoms with E-state index in [1.807, 2.05) is 0 Å². The van der Waals surface area contributed by atoms with Gasteiger partial charge in [0.05, 0.1) is 5.56 Å². The van der Waals surface area contributed by atoms with Gasteiger partial charge < -0.3 is 14.2 Å². The largest absolute Gasteiger partial charge is 0.454 e. The van der Waals surface area contributed by atoms with Crippen LogP contribution in [-0.2, 0) is 4.74 Å². The second-order valence-electron chi connectivity index (χ2n) is 3.11. The molecule has 76 valence electrons. The number of ether oxygens (including phenoxy) is 3. The number of carbonyl (C=O) groups excluding carboxylic acids is 1. The predicted molar refractivity (Wildman–Crippen MR) is 54.9 cm³/mol. The molecule has 0 atom stereocenters. The lowest BCUT2D eigenvalue weighted by Crippen LogP contribution is -1.94. The maximum absolute atomic E-state index is 11.5. The maximum atomic E-state index is 11.5. The van der Waals surface area contributed by atoms with E-state index in [9.17, 15) is 4.79 Å². The molecule has 1 aromatic rings. The summed E-state index contributed by atoms with van der Waals surface area (Å²) in [6.07, 6.45) is 0. The molecule has 0 amide bonds. The molecular weight excluding hydrogens is 264 g/mol. The number of halogens is 1. The molecule has 3 rings (SSSR count). The van der Waals surface area contributed by atoms with Crippen molar-refractivity contribution in [2.75, 3.05) is 6.79 Å². The average Bonchev–Trinajstić information content (AvgIpc) is 2.81. The summed E-state index contributed by atoms with van der Waals surface area (Å²) in [6, 6.07) is 3.39. The molecule has 5 heteroatoms. The Labute approximate surface area is 93.6 Å². The van der Waals surface area contributed by atoms with Crippen molar-refractivity contribution in [3.63, 3.8) is 0 Å². The molecule has 2 aliphatic heterocycles. The molecule has 0 N–H and O–H groups in total. The fourth-order valence-electron chi connectivity index (χ4n) is 1.61. The zero-order valence-electron chi connectivity index (χ0n) is 7.45. The molecule has 15 heavy (non-hydrogen) atoms. The summed E-state index contributed by atoms with van der Waals surface area (Å²) >= 11 is 3.14. The summed E-state index contributed by atoms with van der Waals surface area (Å²) in [5.41, 5.74) is 1.23. The second kappa shape index (κ2) is 3.00. The number of rotatable bonds is 0. The molecule has 0 saturated heterocycles. The molecule has 0 bridgehead atoms. The summed E-state index contributed by atoms with van der Waals surface area (Å²) in [6.45, 7) is 0.195. The Balaban J connectivity index is 2.24. The average molecular weight is 269 g/mol. The van der Waals surface area contributed by atoms with Gasteiger partial charge in [-0.15, -0.1) is 0 Å². The molecular formula is C10H5BrO4. The van der Waals surface area contributed by atoms with Gasteiger partial charge in [0, 0.05) is 10.5 Å². The highest BCUT2D eigenvalue weighted by Gasteiger charge is 2.30. The van der Waals surface area contributed by atoms with E-state index in [2.05, 4.69) is 15.9 Å². The van der Waals surface area contributed by atoms with Crippen LogP contribution in [0.3, 0.4) is 0 Å². The Kier molecular flexibility index (Phi) is 1.76. The molecule has 4 nitrogen and oxygen atoms in total. The molecule has 0 aliphatic carbocycles. The Hall–Kier alpha value is -1.49. The molecule has 0 unspecified atom stereocenters. The van der Waals surface area contributed by atoms with Crippen LogP contribution in [0.1, 0.15) is 15.9 Å². The minimum Gasteiger partial charge on any atom is -0.454 e. The van der Waals surface area contributed by atoms with Crippen LogP contribution in [0.5, 0.6) is 11.5 Å². The molecule has 0 fully saturated rings. The van der Waals surface area contributed by atoms with Crippen LogP contribution in [0, 0.1) is 0 Å². The highest BCUT2D eigenvalue weighted by molar-refractivity contribution is 9.11.